The van der Waals surface area contributed by atoms with Gasteiger partial charge in [0.1, 0.15) is 11.6 Å². The molecule has 0 spiro atoms. The lowest BCUT2D eigenvalue weighted by molar-refractivity contribution is 0.122. The average molecular weight is 424 g/mol. The predicted molar refractivity (Wildman–Crippen MR) is 111 cm³/mol. The summed E-state index contributed by atoms with van der Waals surface area (Å²) in [4.78, 5) is 19.3. The third-order valence-electron chi connectivity index (χ3n) is 5.37. The second-order valence-corrected chi connectivity index (χ2v) is 7.33. The van der Waals surface area contributed by atoms with Gasteiger partial charge in [-0.25, -0.2) is 8.78 Å². The Labute approximate surface area is 175 Å². The molecule has 1 saturated heterocycles. The molecule has 0 radical (unpaired) electrons. The molecule has 2 aromatic carbocycles. The van der Waals surface area contributed by atoms with Crippen molar-refractivity contribution in [3.63, 3.8) is 0 Å². The molecule has 0 N–H and O–H groups in total. The molecule has 3 heterocycles. The second-order valence-electron chi connectivity index (χ2n) is 7.33. The van der Waals surface area contributed by atoms with E-state index in [-0.39, 0.29) is 28.5 Å². The van der Waals surface area contributed by atoms with Crippen molar-refractivity contribution >= 4 is 16.6 Å². The molecule has 0 aliphatic carbocycles. The molecule has 31 heavy (non-hydrogen) atoms. The number of hydrogen-bond donors (Lipinski definition) is 0. The van der Waals surface area contributed by atoms with E-state index in [9.17, 15) is 13.6 Å². The van der Waals surface area contributed by atoms with E-state index in [4.69, 9.17) is 9.26 Å². The molecule has 0 atom stereocenters. The standard InChI is InChI=1S/C22H18F2N4O3/c1-27-12-16(21-25-22(31-26-21)13-2-4-14(23)5-3-13)20(29)15-10-17(24)19(11-18(15)27)28-6-8-30-9-7-28/h2-5,10-12H,6-9H2,1H3. The highest BCUT2D eigenvalue weighted by Gasteiger charge is 2.20. The molecule has 9 heteroatoms. The smallest absolute Gasteiger partial charge is 0.258 e. The Hall–Kier alpha value is -3.59. The van der Waals surface area contributed by atoms with Gasteiger partial charge in [0.2, 0.25) is 11.3 Å². The Morgan fingerprint density at radius 3 is 2.55 bits per heavy atom. The summed E-state index contributed by atoms with van der Waals surface area (Å²) in [5.74, 6) is -0.611. The van der Waals surface area contributed by atoms with Crippen molar-refractivity contribution in [1.82, 2.24) is 14.7 Å². The number of pyridine rings is 1. The minimum atomic E-state index is -0.469. The largest absolute Gasteiger partial charge is 0.378 e. The lowest BCUT2D eigenvalue weighted by atomic mass is 10.1. The average Bonchev–Trinajstić information content (AvgIpc) is 3.27. The first-order valence-corrected chi connectivity index (χ1v) is 9.77. The number of ether oxygens (including phenoxy) is 1. The summed E-state index contributed by atoms with van der Waals surface area (Å²) >= 11 is 0. The van der Waals surface area contributed by atoms with Gasteiger partial charge in [-0.1, -0.05) is 5.16 Å². The van der Waals surface area contributed by atoms with Crippen molar-refractivity contribution in [3.8, 4) is 22.8 Å². The summed E-state index contributed by atoms with van der Waals surface area (Å²) in [6.45, 7) is 2.24. The van der Waals surface area contributed by atoms with Crippen LogP contribution in [0, 0.1) is 11.6 Å². The Bertz CT molecular complexity index is 1330. The number of aromatic nitrogens is 3. The Morgan fingerprint density at radius 1 is 1.06 bits per heavy atom. The van der Waals surface area contributed by atoms with Gasteiger partial charge in [-0.2, -0.15) is 4.98 Å². The maximum Gasteiger partial charge on any atom is 0.258 e. The first-order chi connectivity index (χ1) is 15.0. The molecule has 4 aromatic rings. The minimum absolute atomic E-state index is 0.0829. The molecule has 1 aliphatic rings. The first kappa shape index (κ1) is 19.4. The summed E-state index contributed by atoms with van der Waals surface area (Å²) < 4.78 is 40.4. The molecular formula is C22H18F2N4O3. The van der Waals surface area contributed by atoms with E-state index in [1.165, 1.54) is 30.3 Å². The fourth-order valence-electron chi connectivity index (χ4n) is 3.74. The third-order valence-corrected chi connectivity index (χ3v) is 5.37. The van der Waals surface area contributed by atoms with Gasteiger partial charge in [0, 0.05) is 37.3 Å². The van der Waals surface area contributed by atoms with Crippen LogP contribution in [0.25, 0.3) is 33.7 Å². The third kappa shape index (κ3) is 3.46. The Balaban J connectivity index is 1.58. The van der Waals surface area contributed by atoms with Gasteiger partial charge in [-0.3, -0.25) is 4.79 Å². The van der Waals surface area contributed by atoms with Crippen molar-refractivity contribution in [2.24, 2.45) is 7.05 Å². The number of aryl methyl sites for hydroxylation is 1. The van der Waals surface area contributed by atoms with E-state index < -0.39 is 11.2 Å². The zero-order chi connectivity index (χ0) is 21.5. The number of morpholine rings is 1. The summed E-state index contributed by atoms with van der Waals surface area (Å²) in [6, 6.07) is 8.52. The van der Waals surface area contributed by atoms with Crippen LogP contribution in [0.2, 0.25) is 0 Å². The van der Waals surface area contributed by atoms with Gasteiger partial charge >= 0.3 is 0 Å². The number of hydrogen-bond acceptors (Lipinski definition) is 6. The predicted octanol–water partition coefficient (Wildman–Crippen LogP) is 3.37. The van der Waals surface area contributed by atoms with Gasteiger partial charge in [-0.15, -0.1) is 0 Å². The number of nitrogens with zero attached hydrogens (tertiary/aromatic N) is 4. The van der Waals surface area contributed by atoms with Crippen LogP contribution < -0.4 is 10.3 Å². The maximum atomic E-state index is 14.9. The molecule has 158 valence electrons. The van der Waals surface area contributed by atoms with Crippen molar-refractivity contribution in [1.29, 1.82) is 0 Å². The minimum Gasteiger partial charge on any atom is -0.378 e. The van der Waals surface area contributed by atoms with E-state index >= 15 is 0 Å². The molecule has 0 bridgehead atoms. The maximum absolute atomic E-state index is 14.9. The van der Waals surface area contributed by atoms with Crippen molar-refractivity contribution in [2.45, 2.75) is 0 Å². The fraction of sp³-hybridized carbons (Fsp3) is 0.227. The SMILES string of the molecule is Cn1cc(-c2noc(-c3ccc(F)cc3)n2)c(=O)c2cc(F)c(N3CCOCC3)cc21. The molecule has 2 aromatic heterocycles. The van der Waals surface area contributed by atoms with Crippen molar-refractivity contribution < 1.29 is 18.0 Å². The fourth-order valence-corrected chi connectivity index (χ4v) is 3.74. The van der Waals surface area contributed by atoms with Crippen LogP contribution in [-0.2, 0) is 11.8 Å². The molecule has 1 aliphatic heterocycles. The van der Waals surface area contributed by atoms with Crippen molar-refractivity contribution in [2.75, 3.05) is 31.2 Å². The molecule has 1 fully saturated rings. The number of rotatable bonds is 3. The summed E-state index contributed by atoms with van der Waals surface area (Å²) in [7, 11) is 1.77. The highest BCUT2D eigenvalue weighted by Crippen LogP contribution is 2.27. The van der Waals surface area contributed by atoms with Crippen LogP contribution in [0.3, 0.4) is 0 Å². The molecule has 5 rings (SSSR count). The molecular weight excluding hydrogens is 406 g/mol. The number of fused-ring (bicyclic) bond motifs is 1. The van der Waals surface area contributed by atoms with E-state index in [0.29, 0.717) is 43.1 Å². The monoisotopic (exact) mass is 424 g/mol. The van der Waals surface area contributed by atoms with Gasteiger partial charge < -0.3 is 18.7 Å². The number of benzene rings is 2. The van der Waals surface area contributed by atoms with E-state index in [2.05, 4.69) is 10.1 Å². The normalized spacial score (nSPS) is 14.4. The van der Waals surface area contributed by atoms with E-state index in [1.807, 2.05) is 4.90 Å². The Kier molecular flexibility index (Phi) is 4.74. The summed E-state index contributed by atoms with van der Waals surface area (Å²) in [6.07, 6.45) is 1.60. The van der Waals surface area contributed by atoms with E-state index in [0.717, 1.165) is 0 Å². The van der Waals surface area contributed by atoms with E-state index in [1.54, 1.807) is 23.9 Å². The van der Waals surface area contributed by atoms with Crippen LogP contribution >= 0.6 is 0 Å². The molecule has 0 unspecified atom stereocenters. The number of halogens is 2. The van der Waals surface area contributed by atoms with Gasteiger partial charge in [0.15, 0.2) is 0 Å². The van der Waals surface area contributed by atoms with Crippen molar-refractivity contribution in [3.05, 3.63) is 64.5 Å². The van der Waals surface area contributed by atoms with Crippen LogP contribution in [0.5, 0.6) is 0 Å². The van der Waals surface area contributed by atoms with Crippen LogP contribution in [0.1, 0.15) is 0 Å². The summed E-state index contributed by atoms with van der Waals surface area (Å²) in [5, 5.41) is 4.12. The molecule has 0 saturated carbocycles. The second kappa shape index (κ2) is 7.59. The lowest BCUT2D eigenvalue weighted by Crippen LogP contribution is -2.36. The Morgan fingerprint density at radius 2 is 1.81 bits per heavy atom. The van der Waals surface area contributed by atoms with Gasteiger partial charge in [0.25, 0.3) is 5.89 Å². The molecule has 0 amide bonds. The lowest BCUT2D eigenvalue weighted by Gasteiger charge is -2.29. The number of anilines is 1. The quantitative estimate of drug-likeness (QED) is 0.502. The topological polar surface area (TPSA) is 73.4 Å². The first-order valence-electron chi connectivity index (χ1n) is 9.77. The molecule has 7 nitrogen and oxygen atoms in total. The highest BCUT2D eigenvalue weighted by atomic mass is 19.1. The van der Waals surface area contributed by atoms with Gasteiger partial charge in [-0.05, 0) is 36.4 Å². The van der Waals surface area contributed by atoms with Crippen LogP contribution in [0.15, 0.2) is 51.9 Å². The zero-order valence-corrected chi connectivity index (χ0v) is 16.6. The van der Waals surface area contributed by atoms with Crippen LogP contribution in [0.4, 0.5) is 14.5 Å². The van der Waals surface area contributed by atoms with Gasteiger partial charge in [0.05, 0.1) is 30.0 Å². The zero-order valence-electron chi connectivity index (χ0n) is 16.6. The highest BCUT2D eigenvalue weighted by molar-refractivity contribution is 5.86. The summed E-state index contributed by atoms with van der Waals surface area (Å²) in [5.41, 5.74) is 1.35. The van der Waals surface area contributed by atoms with Crippen LogP contribution in [-0.4, -0.2) is 41.0 Å².